The van der Waals surface area contributed by atoms with Gasteiger partial charge in [0.05, 0.1) is 11.4 Å². The molecule has 164 valence electrons. The molecule has 6 nitrogen and oxygen atoms in total. The van der Waals surface area contributed by atoms with Gasteiger partial charge in [-0.05, 0) is 75.1 Å². The fourth-order valence-electron chi connectivity index (χ4n) is 3.75. The molecule has 0 bridgehead atoms. The van der Waals surface area contributed by atoms with Gasteiger partial charge in [0.15, 0.2) is 12.3 Å². The first-order chi connectivity index (χ1) is 15.3. The van der Waals surface area contributed by atoms with Crippen molar-refractivity contribution in [2.24, 2.45) is 0 Å². The first-order valence-corrected chi connectivity index (χ1v) is 10.8. The number of aryl methyl sites for hydroxylation is 3. The molecule has 2 aromatic heterocycles. The Morgan fingerprint density at radius 1 is 1.03 bits per heavy atom. The highest BCUT2D eigenvalue weighted by Gasteiger charge is 2.17. The molecule has 0 spiro atoms. The SMILES string of the molecule is Cc1cccc(NC(=O)COc2cc(C)c3c(C)nn(-c4cccc(Cl)c4C)c3n2)c1C. The van der Waals surface area contributed by atoms with Crippen molar-refractivity contribution in [3.63, 3.8) is 0 Å². The number of anilines is 1. The first kappa shape index (κ1) is 21.8. The number of halogens is 1. The molecule has 0 fully saturated rings. The average Bonchev–Trinajstić information content (AvgIpc) is 3.08. The Morgan fingerprint density at radius 2 is 1.78 bits per heavy atom. The van der Waals surface area contributed by atoms with E-state index in [2.05, 4.69) is 10.3 Å². The number of nitrogens with zero attached hydrogens (tertiary/aromatic N) is 3. The van der Waals surface area contributed by atoms with E-state index in [1.165, 1.54) is 0 Å². The van der Waals surface area contributed by atoms with E-state index in [1.807, 2.05) is 77.1 Å². The van der Waals surface area contributed by atoms with Gasteiger partial charge >= 0.3 is 0 Å². The topological polar surface area (TPSA) is 69.0 Å². The molecule has 0 aliphatic carbocycles. The van der Waals surface area contributed by atoms with Crippen molar-refractivity contribution in [2.45, 2.75) is 34.6 Å². The number of nitrogens with one attached hydrogen (secondary N) is 1. The summed E-state index contributed by atoms with van der Waals surface area (Å²) in [5.74, 6) is 0.126. The molecule has 0 saturated carbocycles. The van der Waals surface area contributed by atoms with E-state index in [4.69, 9.17) is 21.4 Å². The van der Waals surface area contributed by atoms with E-state index in [0.29, 0.717) is 16.5 Å². The minimum atomic E-state index is -0.242. The summed E-state index contributed by atoms with van der Waals surface area (Å²) in [5, 5.41) is 9.22. The van der Waals surface area contributed by atoms with Gasteiger partial charge in [0.25, 0.3) is 5.91 Å². The van der Waals surface area contributed by atoms with Crippen LogP contribution in [-0.2, 0) is 4.79 Å². The predicted octanol–water partition coefficient (Wildman–Crippen LogP) is 5.63. The van der Waals surface area contributed by atoms with Crippen LogP contribution in [0.4, 0.5) is 5.69 Å². The van der Waals surface area contributed by atoms with E-state index in [0.717, 1.165) is 44.7 Å². The van der Waals surface area contributed by atoms with Gasteiger partial charge in [0, 0.05) is 22.2 Å². The lowest BCUT2D eigenvalue weighted by molar-refractivity contribution is -0.118. The van der Waals surface area contributed by atoms with Crippen LogP contribution in [0, 0.1) is 34.6 Å². The number of fused-ring (bicyclic) bond motifs is 1. The lowest BCUT2D eigenvalue weighted by Gasteiger charge is -2.12. The summed E-state index contributed by atoms with van der Waals surface area (Å²) in [6, 6.07) is 13.3. The van der Waals surface area contributed by atoms with Crippen molar-refractivity contribution >= 4 is 34.2 Å². The number of ether oxygens (including phenoxy) is 1. The molecule has 1 N–H and O–H groups in total. The van der Waals surface area contributed by atoms with Crippen molar-refractivity contribution in [1.82, 2.24) is 14.8 Å². The maximum atomic E-state index is 12.5. The van der Waals surface area contributed by atoms with E-state index in [9.17, 15) is 4.79 Å². The Bertz CT molecular complexity index is 1340. The zero-order valence-corrected chi connectivity index (χ0v) is 19.5. The predicted molar refractivity (Wildman–Crippen MR) is 128 cm³/mol. The van der Waals surface area contributed by atoms with Crippen LogP contribution in [0.15, 0.2) is 42.5 Å². The van der Waals surface area contributed by atoms with Gasteiger partial charge in [-0.1, -0.05) is 29.8 Å². The Kier molecular flexibility index (Phi) is 5.89. The number of hydrogen-bond donors (Lipinski definition) is 1. The van der Waals surface area contributed by atoms with Crippen LogP contribution in [0.3, 0.4) is 0 Å². The second-order valence-electron chi connectivity index (χ2n) is 7.94. The molecular weight excluding hydrogens is 424 g/mol. The van der Waals surface area contributed by atoms with Crippen LogP contribution in [-0.4, -0.2) is 27.3 Å². The molecule has 4 rings (SSSR count). The van der Waals surface area contributed by atoms with Gasteiger partial charge in [-0.3, -0.25) is 4.79 Å². The second-order valence-corrected chi connectivity index (χ2v) is 8.35. The summed E-state index contributed by atoms with van der Waals surface area (Å²) in [4.78, 5) is 17.1. The number of carbonyl (C=O) groups is 1. The van der Waals surface area contributed by atoms with Crippen LogP contribution >= 0.6 is 11.6 Å². The summed E-state index contributed by atoms with van der Waals surface area (Å²) in [5.41, 5.74) is 7.21. The molecular formula is C25H25ClN4O2. The zero-order valence-electron chi connectivity index (χ0n) is 18.8. The fourth-order valence-corrected chi connectivity index (χ4v) is 3.92. The van der Waals surface area contributed by atoms with Crippen molar-refractivity contribution in [3.8, 4) is 11.6 Å². The van der Waals surface area contributed by atoms with Gasteiger partial charge in [-0.25, -0.2) is 4.68 Å². The third-order valence-corrected chi connectivity index (χ3v) is 6.09. The first-order valence-electron chi connectivity index (χ1n) is 10.4. The smallest absolute Gasteiger partial charge is 0.262 e. The number of amides is 1. The van der Waals surface area contributed by atoms with Crippen LogP contribution in [0.25, 0.3) is 16.7 Å². The highest BCUT2D eigenvalue weighted by molar-refractivity contribution is 6.31. The molecule has 2 heterocycles. The van der Waals surface area contributed by atoms with Crippen molar-refractivity contribution in [1.29, 1.82) is 0 Å². The normalized spacial score (nSPS) is 11.1. The van der Waals surface area contributed by atoms with Gasteiger partial charge in [-0.2, -0.15) is 10.1 Å². The quantitative estimate of drug-likeness (QED) is 0.429. The summed E-state index contributed by atoms with van der Waals surface area (Å²) >= 11 is 6.33. The molecule has 7 heteroatoms. The summed E-state index contributed by atoms with van der Waals surface area (Å²) in [6.45, 7) is 9.73. The van der Waals surface area contributed by atoms with Crippen molar-refractivity contribution in [3.05, 3.63) is 75.4 Å². The average molecular weight is 449 g/mol. The molecule has 4 aromatic rings. The minimum absolute atomic E-state index is 0.144. The molecule has 0 aliphatic rings. The molecule has 0 unspecified atom stereocenters. The summed E-state index contributed by atoms with van der Waals surface area (Å²) in [6.07, 6.45) is 0. The standard InChI is InChI=1S/C25H25ClN4O2/c1-14-8-6-10-20(16(14)3)27-22(31)13-32-23-12-15(2)24-18(5)29-30(25(24)28-23)21-11-7-9-19(26)17(21)4/h6-12H,13H2,1-5H3,(H,27,31). The number of pyridine rings is 1. The molecule has 0 atom stereocenters. The summed E-state index contributed by atoms with van der Waals surface area (Å²) < 4.78 is 7.54. The third kappa shape index (κ3) is 4.06. The molecule has 2 aromatic carbocycles. The number of aromatic nitrogens is 3. The molecule has 0 saturated heterocycles. The fraction of sp³-hybridized carbons (Fsp3) is 0.240. The van der Waals surface area contributed by atoms with Gasteiger partial charge in [0.1, 0.15) is 0 Å². The maximum absolute atomic E-state index is 12.5. The molecule has 0 radical (unpaired) electrons. The van der Waals surface area contributed by atoms with Crippen LogP contribution < -0.4 is 10.1 Å². The van der Waals surface area contributed by atoms with E-state index in [-0.39, 0.29) is 12.5 Å². The van der Waals surface area contributed by atoms with E-state index < -0.39 is 0 Å². The number of benzene rings is 2. The number of carbonyl (C=O) groups excluding carboxylic acids is 1. The monoisotopic (exact) mass is 448 g/mol. The second kappa shape index (κ2) is 8.63. The Morgan fingerprint density at radius 3 is 2.56 bits per heavy atom. The molecule has 32 heavy (non-hydrogen) atoms. The Balaban J connectivity index is 1.62. The summed E-state index contributed by atoms with van der Waals surface area (Å²) in [7, 11) is 0. The highest BCUT2D eigenvalue weighted by atomic mass is 35.5. The van der Waals surface area contributed by atoms with Crippen LogP contribution in [0.1, 0.15) is 27.9 Å². The highest BCUT2D eigenvalue weighted by Crippen LogP contribution is 2.29. The number of hydrogen-bond acceptors (Lipinski definition) is 4. The van der Waals surface area contributed by atoms with Crippen molar-refractivity contribution < 1.29 is 9.53 Å². The van der Waals surface area contributed by atoms with Gasteiger partial charge in [-0.15, -0.1) is 0 Å². The zero-order chi connectivity index (χ0) is 23.0. The molecule has 0 aliphatic heterocycles. The minimum Gasteiger partial charge on any atom is -0.467 e. The van der Waals surface area contributed by atoms with Crippen LogP contribution in [0.2, 0.25) is 5.02 Å². The van der Waals surface area contributed by atoms with Gasteiger partial charge < -0.3 is 10.1 Å². The Hall–Kier alpha value is -3.38. The lowest BCUT2D eigenvalue weighted by Crippen LogP contribution is -2.21. The van der Waals surface area contributed by atoms with E-state index in [1.54, 1.807) is 4.68 Å². The lowest BCUT2D eigenvalue weighted by atomic mass is 10.1. The van der Waals surface area contributed by atoms with Gasteiger partial charge in [0.2, 0.25) is 5.88 Å². The maximum Gasteiger partial charge on any atom is 0.262 e. The largest absolute Gasteiger partial charge is 0.467 e. The third-order valence-electron chi connectivity index (χ3n) is 5.68. The Labute approximate surface area is 192 Å². The number of rotatable bonds is 5. The molecule has 1 amide bonds. The van der Waals surface area contributed by atoms with Crippen molar-refractivity contribution in [2.75, 3.05) is 11.9 Å². The van der Waals surface area contributed by atoms with E-state index >= 15 is 0 Å². The van der Waals surface area contributed by atoms with Crippen LogP contribution in [0.5, 0.6) is 5.88 Å².